The van der Waals surface area contributed by atoms with Crippen molar-refractivity contribution in [2.24, 2.45) is 0 Å². The number of aromatic nitrogens is 2. The van der Waals surface area contributed by atoms with E-state index < -0.39 is 0 Å². The van der Waals surface area contributed by atoms with Gasteiger partial charge in [-0.25, -0.2) is 4.98 Å². The van der Waals surface area contributed by atoms with E-state index in [0.717, 1.165) is 35.6 Å². The molecule has 0 radical (unpaired) electrons. The van der Waals surface area contributed by atoms with Gasteiger partial charge in [-0.15, -0.1) is 0 Å². The zero-order valence-electron chi connectivity index (χ0n) is 18.6. The molecule has 1 aliphatic rings. The molecule has 2 amide bonds. The number of H-pyrrole nitrogens is 1. The molecule has 0 atom stereocenters. The minimum Gasteiger partial charge on any atom is -0.341 e. The quantitative estimate of drug-likeness (QED) is 0.603. The molecule has 170 valence electrons. The number of imidazole rings is 1. The smallest absolute Gasteiger partial charge is 0.227 e. The molecule has 8 nitrogen and oxygen atoms in total. The maximum Gasteiger partial charge on any atom is 0.227 e. The molecule has 0 bridgehead atoms. The van der Waals surface area contributed by atoms with Gasteiger partial charge in [-0.05, 0) is 30.7 Å². The zero-order chi connectivity index (χ0) is 23.0. The number of fused-ring (bicyclic) bond motifs is 1. The first-order valence-electron chi connectivity index (χ1n) is 11.4. The molecule has 0 spiro atoms. The molecule has 3 aromatic rings. The van der Waals surface area contributed by atoms with E-state index in [4.69, 9.17) is 5.26 Å². The molecule has 1 saturated heterocycles. The minimum absolute atomic E-state index is 0.0110. The predicted octanol–water partition coefficient (Wildman–Crippen LogP) is 3.33. The fraction of sp³-hybridized carbons (Fsp3) is 0.360. The van der Waals surface area contributed by atoms with E-state index in [-0.39, 0.29) is 31.1 Å². The van der Waals surface area contributed by atoms with Crippen LogP contribution >= 0.6 is 0 Å². The highest BCUT2D eigenvalue weighted by molar-refractivity contribution is 5.95. The summed E-state index contributed by atoms with van der Waals surface area (Å²) in [4.78, 5) is 39.4. The predicted molar refractivity (Wildman–Crippen MR) is 128 cm³/mol. The molecule has 1 aromatic heterocycles. The molecule has 1 aliphatic heterocycles. The summed E-state index contributed by atoms with van der Waals surface area (Å²) in [7, 11) is 0. The van der Waals surface area contributed by atoms with Gasteiger partial charge in [0, 0.05) is 51.3 Å². The van der Waals surface area contributed by atoms with Crippen LogP contribution in [0.15, 0.2) is 54.6 Å². The minimum atomic E-state index is -0.136. The van der Waals surface area contributed by atoms with Crippen molar-refractivity contribution < 1.29 is 9.59 Å². The van der Waals surface area contributed by atoms with Gasteiger partial charge < -0.3 is 19.7 Å². The largest absolute Gasteiger partial charge is 0.341 e. The number of carbonyl (C=O) groups is 2. The lowest BCUT2D eigenvalue weighted by Crippen LogP contribution is -2.37. The van der Waals surface area contributed by atoms with Crippen LogP contribution < -0.4 is 9.80 Å². The Bertz CT molecular complexity index is 1100. The third-order valence-corrected chi connectivity index (χ3v) is 5.89. The van der Waals surface area contributed by atoms with Crippen molar-refractivity contribution in [1.29, 1.82) is 5.26 Å². The Labute approximate surface area is 193 Å². The number of nitrogens with one attached hydrogen (secondary N) is 1. The molecule has 0 saturated carbocycles. The summed E-state index contributed by atoms with van der Waals surface area (Å²) >= 11 is 0. The van der Waals surface area contributed by atoms with Crippen LogP contribution in [-0.4, -0.2) is 59.4 Å². The Morgan fingerprint density at radius 2 is 1.79 bits per heavy atom. The number of rotatable bonds is 7. The Morgan fingerprint density at radius 3 is 2.58 bits per heavy atom. The van der Waals surface area contributed by atoms with Crippen molar-refractivity contribution in [1.82, 2.24) is 14.9 Å². The standard InChI is InChI=1S/C25H28N6O2/c26-14-6-17-31(20-8-2-1-3-9-20)24(33)13-12-23(32)29-15-7-16-30(19-18-29)25-27-21-10-4-5-11-22(21)28-25/h1-5,8-11H,6-7,12-13,15-19H2,(H,27,28). The zero-order valence-corrected chi connectivity index (χ0v) is 18.6. The first-order chi connectivity index (χ1) is 16.2. The molecule has 4 rings (SSSR count). The number of anilines is 2. The van der Waals surface area contributed by atoms with Gasteiger partial charge in [-0.3, -0.25) is 9.59 Å². The first-order valence-corrected chi connectivity index (χ1v) is 11.4. The third-order valence-electron chi connectivity index (χ3n) is 5.89. The van der Waals surface area contributed by atoms with Crippen LogP contribution in [0.5, 0.6) is 0 Å². The van der Waals surface area contributed by atoms with Crippen molar-refractivity contribution in [2.75, 3.05) is 42.5 Å². The Hall–Kier alpha value is -3.86. The molecule has 1 N–H and O–H groups in total. The van der Waals surface area contributed by atoms with Gasteiger partial charge in [0.1, 0.15) is 0 Å². The number of aromatic amines is 1. The van der Waals surface area contributed by atoms with Crippen LogP contribution in [0, 0.1) is 11.3 Å². The number of carbonyl (C=O) groups excluding carboxylic acids is 2. The number of amides is 2. The lowest BCUT2D eigenvalue weighted by atomic mass is 10.2. The van der Waals surface area contributed by atoms with E-state index >= 15 is 0 Å². The van der Waals surface area contributed by atoms with Gasteiger partial charge in [-0.1, -0.05) is 30.3 Å². The summed E-state index contributed by atoms with van der Waals surface area (Å²) in [6.45, 7) is 3.10. The number of para-hydroxylation sites is 3. The van der Waals surface area contributed by atoms with Crippen LogP contribution in [0.25, 0.3) is 11.0 Å². The van der Waals surface area contributed by atoms with Crippen LogP contribution in [0.3, 0.4) is 0 Å². The molecule has 1 fully saturated rings. The van der Waals surface area contributed by atoms with Gasteiger partial charge in [0.25, 0.3) is 0 Å². The number of nitrogens with zero attached hydrogens (tertiary/aromatic N) is 5. The normalized spacial score (nSPS) is 14.0. The average molecular weight is 445 g/mol. The molecule has 0 unspecified atom stereocenters. The highest BCUT2D eigenvalue weighted by atomic mass is 16.2. The SMILES string of the molecule is N#CCCN(C(=O)CCC(=O)N1CCCN(c2nc3ccccc3[nH]2)CC1)c1ccccc1. The van der Waals surface area contributed by atoms with Crippen LogP contribution in [-0.2, 0) is 9.59 Å². The van der Waals surface area contributed by atoms with Crippen LogP contribution in [0.2, 0.25) is 0 Å². The van der Waals surface area contributed by atoms with Gasteiger partial charge >= 0.3 is 0 Å². The summed E-state index contributed by atoms with van der Waals surface area (Å²) in [6.07, 6.45) is 1.38. The lowest BCUT2D eigenvalue weighted by Gasteiger charge is -2.24. The summed E-state index contributed by atoms with van der Waals surface area (Å²) in [6, 6.07) is 19.3. The van der Waals surface area contributed by atoms with E-state index in [9.17, 15) is 9.59 Å². The fourth-order valence-electron chi connectivity index (χ4n) is 4.14. The fourth-order valence-corrected chi connectivity index (χ4v) is 4.14. The number of nitriles is 1. The average Bonchev–Trinajstić information content (AvgIpc) is 3.12. The second kappa shape index (κ2) is 10.6. The Kier molecular flexibility index (Phi) is 7.20. The second-order valence-electron chi connectivity index (χ2n) is 8.09. The number of hydrogen-bond acceptors (Lipinski definition) is 5. The number of hydrogen-bond donors (Lipinski definition) is 1. The van der Waals surface area contributed by atoms with E-state index in [2.05, 4.69) is 20.9 Å². The summed E-state index contributed by atoms with van der Waals surface area (Å²) in [5.41, 5.74) is 2.69. The van der Waals surface area contributed by atoms with Crippen molar-refractivity contribution in [3.05, 3.63) is 54.6 Å². The Morgan fingerprint density at radius 1 is 1.00 bits per heavy atom. The topological polar surface area (TPSA) is 96.3 Å². The lowest BCUT2D eigenvalue weighted by molar-refractivity contribution is -0.133. The maximum absolute atomic E-state index is 12.9. The first kappa shape index (κ1) is 22.3. The van der Waals surface area contributed by atoms with E-state index in [1.165, 1.54) is 0 Å². The van der Waals surface area contributed by atoms with Crippen molar-refractivity contribution in [2.45, 2.75) is 25.7 Å². The van der Waals surface area contributed by atoms with Crippen molar-refractivity contribution in [3.8, 4) is 6.07 Å². The molecular formula is C25H28N6O2. The van der Waals surface area contributed by atoms with Crippen LogP contribution in [0.4, 0.5) is 11.6 Å². The highest BCUT2D eigenvalue weighted by Gasteiger charge is 2.23. The van der Waals surface area contributed by atoms with E-state index in [1.807, 2.05) is 59.5 Å². The summed E-state index contributed by atoms with van der Waals surface area (Å²) in [5, 5.41) is 8.94. The molecule has 8 heteroatoms. The molecular weight excluding hydrogens is 416 g/mol. The highest BCUT2D eigenvalue weighted by Crippen LogP contribution is 2.19. The number of benzene rings is 2. The summed E-state index contributed by atoms with van der Waals surface area (Å²) in [5.74, 6) is 0.684. The molecule has 33 heavy (non-hydrogen) atoms. The summed E-state index contributed by atoms with van der Waals surface area (Å²) < 4.78 is 0. The molecule has 0 aliphatic carbocycles. The molecule has 2 heterocycles. The van der Waals surface area contributed by atoms with Gasteiger partial charge in [0.15, 0.2) is 0 Å². The third kappa shape index (κ3) is 5.50. The van der Waals surface area contributed by atoms with Crippen molar-refractivity contribution in [3.63, 3.8) is 0 Å². The van der Waals surface area contributed by atoms with Crippen molar-refractivity contribution >= 4 is 34.5 Å². The van der Waals surface area contributed by atoms with Gasteiger partial charge in [-0.2, -0.15) is 5.26 Å². The van der Waals surface area contributed by atoms with Gasteiger partial charge in [0.2, 0.25) is 17.8 Å². The van der Waals surface area contributed by atoms with Crippen LogP contribution in [0.1, 0.15) is 25.7 Å². The second-order valence-corrected chi connectivity index (χ2v) is 8.09. The maximum atomic E-state index is 12.9. The monoisotopic (exact) mass is 444 g/mol. The van der Waals surface area contributed by atoms with Gasteiger partial charge in [0.05, 0.1) is 23.5 Å². The van der Waals surface area contributed by atoms with E-state index in [1.54, 1.807) is 4.90 Å². The van der Waals surface area contributed by atoms with E-state index in [0.29, 0.717) is 26.2 Å². The molecule has 2 aromatic carbocycles. The Balaban J connectivity index is 1.32.